The summed E-state index contributed by atoms with van der Waals surface area (Å²) in [7, 11) is 0. The molecule has 0 aliphatic rings. The predicted octanol–water partition coefficient (Wildman–Crippen LogP) is 23.1. The predicted molar refractivity (Wildman–Crippen MR) is 347 cm³/mol. The van der Waals surface area contributed by atoms with Crippen molar-refractivity contribution in [1.82, 2.24) is 5.32 Å². The standard InChI is InChI=1S/C73H139NO5/c1-3-5-7-9-11-13-14-15-16-41-44-47-51-55-59-63-67-73(78)79-68-64-60-56-52-48-45-42-39-37-35-33-31-29-27-25-23-21-19-17-18-20-22-24-26-28-30-32-34-36-38-40-43-46-50-54-58-62-66-72(77)74-70(69-75)71(76)65-61-57-53-49-12-10-8-6-4-2/h13-14,16-17,19,41,70-71,75-76H,3-12,15,18,20-40,42-69H2,1-2H3,(H,74,77)/b14-13-,19-17-,41-16-. The smallest absolute Gasteiger partial charge is 0.305 e. The van der Waals surface area contributed by atoms with Crippen LogP contribution < -0.4 is 5.32 Å². The number of carbonyl (C=O) groups is 2. The van der Waals surface area contributed by atoms with Crippen molar-refractivity contribution in [1.29, 1.82) is 0 Å². The summed E-state index contributed by atoms with van der Waals surface area (Å²) in [6, 6.07) is -0.536. The highest BCUT2D eigenvalue weighted by atomic mass is 16.5. The van der Waals surface area contributed by atoms with Gasteiger partial charge in [0.05, 0.1) is 25.4 Å². The maximum absolute atomic E-state index is 12.4. The third-order valence-electron chi connectivity index (χ3n) is 16.7. The SMILES string of the molecule is CCCCCC/C=C\C/C=C\CCCCCCCC(=O)OCCCCCCCCCCCCCCCCCC/C=C\CCCCCCCCCCCCCCCCCCCC(=O)NC(CO)C(O)CCCCCCCCCCC. The Kier molecular flexibility index (Phi) is 66.9. The van der Waals surface area contributed by atoms with E-state index < -0.39 is 12.1 Å². The van der Waals surface area contributed by atoms with E-state index in [2.05, 4.69) is 55.6 Å². The Morgan fingerprint density at radius 1 is 0.354 bits per heavy atom. The first kappa shape index (κ1) is 77.1. The van der Waals surface area contributed by atoms with Crippen molar-refractivity contribution < 1.29 is 24.5 Å². The molecule has 3 N–H and O–H groups in total. The van der Waals surface area contributed by atoms with E-state index in [0.29, 0.717) is 25.9 Å². The number of unbranched alkanes of at least 4 members (excludes halogenated alkanes) is 50. The zero-order valence-corrected chi connectivity index (χ0v) is 53.4. The Morgan fingerprint density at radius 2 is 0.633 bits per heavy atom. The molecule has 0 aliphatic carbocycles. The molecule has 0 rings (SSSR count). The molecular formula is C73H139NO5. The van der Waals surface area contributed by atoms with Crippen molar-refractivity contribution in [2.24, 2.45) is 0 Å². The quantitative estimate of drug-likeness (QED) is 0.0320. The van der Waals surface area contributed by atoms with Gasteiger partial charge in [-0.2, -0.15) is 0 Å². The lowest BCUT2D eigenvalue weighted by molar-refractivity contribution is -0.143. The van der Waals surface area contributed by atoms with Crippen molar-refractivity contribution in [3.05, 3.63) is 36.5 Å². The normalized spacial score (nSPS) is 12.7. The number of ether oxygens (including phenoxy) is 1. The van der Waals surface area contributed by atoms with Gasteiger partial charge in [-0.05, 0) is 83.5 Å². The van der Waals surface area contributed by atoms with E-state index in [1.165, 1.54) is 308 Å². The van der Waals surface area contributed by atoms with Crippen LogP contribution in [0.3, 0.4) is 0 Å². The van der Waals surface area contributed by atoms with Crippen LogP contribution in [0.5, 0.6) is 0 Å². The van der Waals surface area contributed by atoms with E-state index in [1.807, 2.05) is 0 Å². The molecule has 0 radical (unpaired) electrons. The van der Waals surface area contributed by atoms with E-state index in [1.54, 1.807) is 0 Å². The summed E-state index contributed by atoms with van der Waals surface area (Å²) >= 11 is 0. The molecule has 2 atom stereocenters. The van der Waals surface area contributed by atoms with Gasteiger partial charge in [0.1, 0.15) is 0 Å². The van der Waals surface area contributed by atoms with E-state index in [0.717, 1.165) is 51.4 Å². The second kappa shape index (κ2) is 68.6. The zero-order chi connectivity index (χ0) is 57.1. The first-order valence-electron chi connectivity index (χ1n) is 35.7. The summed E-state index contributed by atoms with van der Waals surface area (Å²) in [6.45, 7) is 4.93. The molecule has 0 saturated carbocycles. The summed E-state index contributed by atoms with van der Waals surface area (Å²) in [6.07, 6.45) is 88.0. The number of hydrogen-bond donors (Lipinski definition) is 3. The zero-order valence-electron chi connectivity index (χ0n) is 53.4. The fraction of sp³-hybridized carbons (Fsp3) is 0.890. The van der Waals surface area contributed by atoms with Gasteiger partial charge in [-0.1, -0.05) is 333 Å². The molecule has 0 aromatic heterocycles. The second-order valence-electron chi connectivity index (χ2n) is 24.6. The Morgan fingerprint density at radius 3 is 0.987 bits per heavy atom. The highest BCUT2D eigenvalue weighted by Crippen LogP contribution is 2.19. The van der Waals surface area contributed by atoms with Crippen molar-refractivity contribution >= 4 is 11.9 Å². The molecule has 0 aliphatic heterocycles. The summed E-state index contributed by atoms with van der Waals surface area (Å²) in [5.41, 5.74) is 0. The van der Waals surface area contributed by atoms with Crippen LogP contribution in [0.2, 0.25) is 0 Å². The fourth-order valence-corrected chi connectivity index (χ4v) is 11.2. The van der Waals surface area contributed by atoms with Gasteiger partial charge in [0.2, 0.25) is 5.91 Å². The molecule has 466 valence electrons. The van der Waals surface area contributed by atoms with Gasteiger partial charge in [0.15, 0.2) is 0 Å². The Bertz CT molecular complexity index is 1280. The Hall–Kier alpha value is -1.92. The van der Waals surface area contributed by atoms with Crippen LogP contribution >= 0.6 is 0 Å². The largest absolute Gasteiger partial charge is 0.466 e. The minimum atomic E-state index is -0.659. The molecule has 0 bridgehead atoms. The molecule has 0 spiro atoms. The van der Waals surface area contributed by atoms with Gasteiger partial charge >= 0.3 is 5.97 Å². The first-order chi connectivity index (χ1) is 39.0. The molecular weight excluding hydrogens is 971 g/mol. The van der Waals surface area contributed by atoms with Crippen LogP contribution in [0.15, 0.2) is 36.5 Å². The molecule has 0 saturated heterocycles. The minimum absolute atomic E-state index is 0.00814. The molecule has 0 aromatic carbocycles. The molecule has 79 heavy (non-hydrogen) atoms. The average Bonchev–Trinajstić information content (AvgIpc) is 3.45. The number of allylic oxidation sites excluding steroid dienone is 6. The Balaban J connectivity index is 3.30. The van der Waals surface area contributed by atoms with Gasteiger partial charge in [-0.25, -0.2) is 0 Å². The maximum Gasteiger partial charge on any atom is 0.305 e. The Labute approximate surface area is 494 Å². The van der Waals surface area contributed by atoms with Crippen LogP contribution in [0, 0.1) is 0 Å². The third-order valence-corrected chi connectivity index (χ3v) is 16.7. The summed E-state index contributed by atoms with van der Waals surface area (Å²) < 4.78 is 5.49. The van der Waals surface area contributed by atoms with Gasteiger partial charge < -0.3 is 20.3 Å². The summed E-state index contributed by atoms with van der Waals surface area (Å²) in [4.78, 5) is 24.5. The van der Waals surface area contributed by atoms with Crippen molar-refractivity contribution in [2.75, 3.05) is 13.2 Å². The van der Waals surface area contributed by atoms with Crippen molar-refractivity contribution in [3.63, 3.8) is 0 Å². The third kappa shape index (κ3) is 65.1. The molecule has 6 heteroatoms. The molecule has 0 heterocycles. The first-order valence-corrected chi connectivity index (χ1v) is 35.7. The average molecular weight is 1110 g/mol. The fourth-order valence-electron chi connectivity index (χ4n) is 11.2. The number of esters is 1. The molecule has 2 unspecified atom stereocenters. The lowest BCUT2D eigenvalue weighted by Crippen LogP contribution is -2.45. The number of rotatable bonds is 67. The number of aliphatic hydroxyl groups excluding tert-OH is 2. The van der Waals surface area contributed by atoms with E-state index in [-0.39, 0.29) is 18.5 Å². The summed E-state index contributed by atoms with van der Waals surface area (Å²) in [5.74, 6) is -0.0238. The van der Waals surface area contributed by atoms with E-state index in [4.69, 9.17) is 4.74 Å². The highest BCUT2D eigenvalue weighted by Gasteiger charge is 2.20. The molecule has 1 amide bonds. The van der Waals surface area contributed by atoms with E-state index in [9.17, 15) is 19.8 Å². The van der Waals surface area contributed by atoms with Crippen LogP contribution in [0.1, 0.15) is 393 Å². The summed E-state index contributed by atoms with van der Waals surface area (Å²) in [5, 5.41) is 23.1. The minimum Gasteiger partial charge on any atom is -0.466 e. The molecule has 6 nitrogen and oxygen atoms in total. The van der Waals surface area contributed by atoms with Crippen LogP contribution in [0.4, 0.5) is 0 Å². The van der Waals surface area contributed by atoms with Gasteiger partial charge in [0.25, 0.3) is 0 Å². The molecule has 0 aromatic rings. The number of nitrogens with one attached hydrogen (secondary N) is 1. The van der Waals surface area contributed by atoms with Crippen LogP contribution in [-0.2, 0) is 14.3 Å². The van der Waals surface area contributed by atoms with Gasteiger partial charge in [-0.15, -0.1) is 0 Å². The highest BCUT2D eigenvalue weighted by molar-refractivity contribution is 5.76. The van der Waals surface area contributed by atoms with Gasteiger partial charge in [0, 0.05) is 12.8 Å². The van der Waals surface area contributed by atoms with E-state index >= 15 is 0 Å². The van der Waals surface area contributed by atoms with Crippen LogP contribution in [0.25, 0.3) is 0 Å². The maximum atomic E-state index is 12.4. The number of amides is 1. The van der Waals surface area contributed by atoms with Crippen molar-refractivity contribution in [2.45, 2.75) is 405 Å². The topological polar surface area (TPSA) is 95.9 Å². The lowest BCUT2D eigenvalue weighted by Gasteiger charge is -2.22. The van der Waals surface area contributed by atoms with Gasteiger partial charge in [-0.3, -0.25) is 9.59 Å². The second-order valence-corrected chi connectivity index (χ2v) is 24.6. The molecule has 0 fully saturated rings. The number of carbonyl (C=O) groups excluding carboxylic acids is 2. The number of aliphatic hydroxyl groups is 2. The number of hydrogen-bond acceptors (Lipinski definition) is 5. The lowest BCUT2D eigenvalue weighted by atomic mass is 10.0. The van der Waals surface area contributed by atoms with Crippen LogP contribution in [-0.4, -0.2) is 47.4 Å². The monoisotopic (exact) mass is 1110 g/mol. The van der Waals surface area contributed by atoms with Crippen molar-refractivity contribution in [3.8, 4) is 0 Å².